The normalized spacial score (nSPS) is 19.0. The summed E-state index contributed by atoms with van der Waals surface area (Å²) < 4.78 is 42.1. The molecule has 1 fully saturated rings. The number of esters is 1. The van der Waals surface area contributed by atoms with Crippen LogP contribution in [0, 0.1) is 5.92 Å². The van der Waals surface area contributed by atoms with Crippen molar-refractivity contribution in [3.05, 3.63) is 99.5 Å². The predicted octanol–water partition coefficient (Wildman–Crippen LogP) is 7.81. The van der Waals surface area contributed by atoms with Gasteiger partial charge in [-0.2, -0.15) is 0 Å². The molecule has 1 aliphatic carbocycles. The van der Waals surface area contributed by atoms with E-state index in [0.29, 0.717) is 36.8 Å². The van der Waals surface area contributed by atoms with Crippen molar-refractivity contribution in [2.75, 3.05) is 7.11 Å². The Morgan fingerprint density at radius 3 is 2.39 bits per heavy atom. The van der Waals surface area contributed by atoms with Crippen molar-refractivity contribution in [3.63, 3.8) is 0 Å². The molecule has 0 spiro atoms. The predicted molar refractivity (Wildman–Crippen MR) is 169 cm³/mol. The summed E-state index contributed by atoms with van der Waals surface area (Å²) in [6.07, 6.45) is 8.01. The Morgan fingerprint density at radius 1 is 0.951 bits per heavy atom. The number of allylic oxidation sites excluding steroid dienone is 2. The maximum atomic E-state index is 13.3. The standard InChI is InChI=1S/C32H35Br2NO5S/c1-39-32(36)12-8-3-2-7-11-27-30(35-41(37,38)26-17-18-28(33)29(34)21-26)19-20-31(27)40-22-23-13-15-25(16-14-23)24-9-5-4-6-10-24/h2,4-7,9-10,13-18,21,27,30-31,35H,3,8,11-12,19-20,22H2,1H3/b7-2-/t27-,30+,31+/m1/s1. The Labute approximate surface area is 259 Å². The molecule has 9 heteroatoms. The number of carbonyl (C=O) groups excluding carboxylic acids is 1. The largest absolute Gasteiger partial charge is 0.469 e. The Balaban J connectivity index is 1.42. The molecule has 218 valence electrons. The summed E-state index contributed by atoms with van der Waals surface area (Å²) in [5, 5.41) is 0. The number of ether oxygens (including phenoxy) is 2. The van der Waals surface area contributed by atoms with Crippen LogP contribution in [0.15, 0.2) is 98.8 Å². The molecule has 1 aliphatic rings. The molecule has 4 rings (SSSR count). The van der Waals surface area contributed by atoms with Gasteiger partial charge in [-0.3, -0.25) is 4.79 Å². The van der Waals surface area contributed by atoms with E-state index in [0.717, 1.165) is 28.4 Å². The topological polar surface area (TPSA) is 81.7 Å². The highest BCUT2D eigenvalue weighted by atomic mass is 79.9. The van der Waals surface area contributed by atoms with E-state index in [1.807, 2.05) is 18.2 Å². The number of hydrogen-bond donors (Lipinski definition) is 1. The van der Waals surface area contributed by atoms with E-state index in [2.05, 4.69) is 85.1 Å². The van der Waals surface area contributed by atoms with Gasteiger partial charge in [0.15, 0.2) is 0 Å². The molecule has 0 saturated heterocycles. The van der Waals surface area contributed by atoms with E-state index >= 15 is 0 Å². The van der Waals surface area contributed by atoms with E-state index in [1.165, 1.54) is 12.7 Å². The smallest absolute Gasteiger partial charge is 0.305 e. The second kappa shape index (κ2) is 15.3. The number of unbranched alkanes of at least 4 members (excludes halogenated alkanes) is 1. The molecule has 3 aromatic carbocycles. The van der Waals surface area contributed by atoms with E-state index < -0.39 is 10.0 Å². The zero-order valence-corrected chi connectivity index (χ0v) is 27.0. The number of benzene rings is 3. The highest BCUT2D eigenvalue weighted by Crippen LogP contribution is 2.34. The SMILES string of the molecule is COC(=O)CCC/C=C\C[C@@H]1[C@@H](NS(=O)(=O)c2ccc(Br)c(Br)c2)CC[C@@H]1OCc1ccc(-c2ccccc2)cc1. The van der Waals surface area contributed by atoms with Crippen LogP contribution in [0.5, 0.6) is 0 Å². The quantitative estimate of drug-likeness (QED) is 0.112. The van der Waals surface area contributed by atoms with Gasteiger partial charge in [0.1, 0.15) is 0 Å². The van der Waals surface area contributed by atoms with E-state index in [-0.39, 0.29) is 28.9 Å². The minimum atomic E-state index is -3.72. The average Bonchev–Trinajstić information content (AvgIpc) is 3.35. The van der Waals surface area contributed by atoms with Crippen molar-refractivity contribution in [2.45, 2.75) is 62.2 Å². The molecule has 41 heavy (non-hydrogen) atoms. The van der Waals surface area contributed by atoms with Gasteiger partial charge in [-0.05, 0) is 98.9 Å². The zero-order valence-electron chi connectivity index (χ0n) is 23.0. The molecular formula is C32H35Br2NO5S. The Morgan fingerprint density at radius 2 is 1.68 bits per heavy atom. The van der Waals surface area contributed by atoms with Crippen molar-refractivity contribution in [1.29, 1.82) is 0 Å². The Bertz CT molecular complexity index is 1430. The number of sulfonamides is 1. The first-order chi connectivity index (χ1) is 19.8. The Hall–Kier alpha value is -2.30. The van der Waals surface area contributed by atoms with Gasteiger partial charge in [0.2, 0.25) is 10.0 Å². The van der Waals surface area contributed by atoms with Crippen LogP contribution in [-0.2, 0) is 30.9 Å². The molecule has 6 nitrogen and oxygen atoms in total. The molecule has 0 amide bonds. The van der Waals surface area contributed by atoms with Crippen LogP contribution in [0.2, 0.25) is 0 Å². The first kappa shape index (κ1) is 31.6. The fourth-order valence-corrected chi connectivity index (χ4v) is 7.20. The van der Waals surface area contributed by atoms with E-state index in [9.17, 15) is 13.2 Å². The van der Waals surface area contributed by atoms with Crippen LogP contribution in [0.1, 0.15) is 44.1 Å². The molecule has 3 aromatic rings. The van der Waals surface area contributed by atoms with Gasteiger partial charge in [0.05, 0.1) is 24.7 Å². The summed E-state index contributed by atoms with van der Waals surface area (Å²) in [6, 6.07) is 23.3. The van der Waals surface area contributed by atoms with Crippen LogP contribution >= 0.6 is 31.9 Å². The zero-order chi connectivity index (χ0) is 29.2. The third-order valence-electron chi connectivity index (χ3n) is 7.34. The lowest BCUT2D eigenvalue weighted by Gasteiger charge is -2.25. The number of nitrogens with one attached hydrogen (secondary N) is 1. The minimum Gasteiger partial charge on any atom is -0.469 e. The highest BCUT2D eigenvalue weighted by Gasteiger charge is 2.38. The van der Waals surface area contributed by atoms with Crippen molar-refractivity contribution >= 4 is 47.9 Å². The lowest BCUT2D eigenvalue weighted by Crippen LogP contribution is -2.39. The summed E-state index contributed by atoms with van der Waals surface area (Å²) in [6.45, 7) is 0.457. The molecule has 0 heterocycles. The molecule has 1 saturated carbocycles. The second-order valence-electron chi connectivity index (χ2n) is 10.1. The number of rotatable bonds is 13. The summed E-state index contributed by atoms with van der Waals surface area (Å²) in [5.74, 6) is -0.238. The first-order valence-electron chi connectivity index (χ1n) is 13.7. The lowest BCUT2D eigenvalue weighted by atomic mass is 9.97. The van der Waals surface area contributed by atoms with E-state index in [4.69, 9.17) is 9.47 Å². The third-order valence-corrected chi connectivity index (χ3v) is 10.7. The second-order valence-corrected chi connectivity index (χ2v) is 13.6. The summed E-state index contributed by atoms with van der Waals surface area (Å²) in [7, 11) is -2.33. The summed E-state index contributed by atoms with van der Waals surface area (Å²) in [4.78, 5) is 11.6. The molecule has 3 atom stereocenters. The molecule has 0 aromatic heterocycles. The first-order valence-corrected chi connectivity index (χ1v) is 16.8. The van der Waals surface area contributed by atoms with Gasteiger partial charge in [-0.1, -0.05) is 66.7 Å². The maximum Gasteiger partial charge on any atom is 0.305 e. The monoisotopic (exact) mass is 703 g/mol. The van der Waals surface area contributed by atoms with Crippen LogP contribution in [0.3, 0.4) is 0 Å². The highest BCUT2D eigenvalue weighted by molar-refractivity contribution is 9.13. The molecule has 0 unspecified atom stereocenters. The van der Waals surface area contributed by atoms with Crippen molar-refractivity contribution < 1.29 is 22.7 Å². The number of methoxy groups -OCH3 is 1. The summed E-state index contributed by atoms with van der Waals surface area (Å²) >= 11 is 6.80. The van der Waals surface area contributed by atoms with Gasteiger partial charge in [0.25, 0.3) is 0 Å². The average molecular weight is 706 g/mol. The van der Waals surface area contributed by atoms with Gasteiger partial charge >= 0.3 is 5.97 Å². The third kappa shape index (κ3) is 9.09. The van der Waals surface area contributed by atoms with Crippen LogP contribution < -0.4 is 4.72 Å². The maximum absolute atomic E-state index is 13.3. The van der Waals surface area contributed by atoms with Crippen LogP contribution in [0.4, 0.5) is 0 Å². The lowest BCUT2D eigenvalue weighted by molar-refractivity contribution is -0.140. The number of carbonyl (C=O) groups is 1. The molecule has 0 radical (unpaired) electrons. The molecule has 0 aliphatic heterocycles. The summed E-state index contributed by atoms with van der Waals surface area (Å²) in [5.41, 5.74) is 3.40. The van der Waals surface area contributed by atoms with Crippen molar-refractivity contribution in [2.24, 2.45) is 5.92 Å². The van der Waals surface area contributed by atoms with Gasteiger partial charge in [-0.15, -0.1) is 0 Å². The van der Waals surface area contributed by atoms with Gasteiger partial charge < -0.3 is 9.47 Å². The van der Waals surface area contributed by atoms with Crippen molar-refractivity contribution in [3.8, 4) is 11.1 Å². The Kier molecular flexibility index (Phi) is 11.8. The minimum absolute atomic E-state index is 0.0240. The van der Waals surface area contributed by atoms with E-state index in [1.54, 1.807) is 18.2 Å². The fourth-order valence-electron chi connectivity index (χ4n) is 5.08. The molecular weight excluding hydrogens is 670 g/mol. The van der Waals surface area contributed by atoms with Crippen molar-refractivity contribution in [1.82, 2.24) is 4.72 Å². The van der Waals surface area contributed by atoms with Crippen LogP contribution in [-0.4, -0.2) is 33.6 Å². The number of halogens is 2. The molecule has 1 N–H and O–H groups in total. The molecule has 0 bridgehead atoms. The van der Waals surface area contributed by atoms with Crippen LogP contribution in [0.25, 0.3) is 11.1 Å². The van der Waals surface area contributed by atoms with Gasteiger partial charge in [0, 0.05) is 27.3 Å². The van der Waals surface area contributed by atoms with Gasteiger partial charge in [-0.25, -0.2) is 13.1 Å². The number of hydrogen-bond acceptors (Lipinski definition) is 5. The fraction of sp³-hybridized carbons (Fsp3) is 0.344.